The summed E-state index contributed by atoms with van der Waals surface area (Å²) in [7, 11) is 1.48. The maximum absolute atomic E-state index is 14.2. The van der Waals surface area contributed by atoms with Crippen LogP contribution in [0.15, 0.2) is 47.1 Å². The Labute approximate surface area is 194 Å². The lowest BCUT2D eigenvalue weighted by atomic mass is 10.0. The number of methoxy groups -OCH3 is 1. The van der Waals surface area contributed by atoms with Crippen LogP contribution in [0.4, 0.5) is 4.39 Å². The highest BCUT2D eigenvalue weighted by Crippen LogP contribution is 2.35. The van der Waals surface area contributed by atoms with Crippen molar-refractivity contribution >= 4 is 22.7 Å². The summed E-state index contributed by atoms with van der Waals surface area (Å²) in [6.45, 7) is 9.46. The lowest BCUT2D eigenvalue weighted by Crippen LogP contribution is -2.38. The van der Waals surface area contributed by atoms with E-state index in [-0.39, 0.29) is 5.75 Å². The lowest BCUT2D eigenvalue weighted by Gasteiger charge is -2.29. The first kappa shape index (κ1) is 21.9. The molecule has 1 fully saturated rings. The Balaban J connectivity index is 1.41. The zero-order valence-corrected chi connectivity index (χ0v) is 19.5. The van der Waals surface area contributed by atoms with Crippen molar-refractivity contribution in [3.63, 3.8) is 0 Å². The van der Waals surface area contributed by atoms with Crippen LogP contribution in [0.5, 0.6) is 5.75 Å². The summed E-state index contributed by atoms with van der Waals surface area (Å²) in [4.78, 5) is 14.2. The van der Waals surface area contributed by atoms with Gasteiger partial charge in [-0.15, -0.1) is 0 Å². The predicted molar refractivity (Wildman–Crippen MR) is 129 cm³/mol. The number of aromatic nitrogens is 1. The van der Waals surface area contributed by atoms with Gasteiger partial charge in [0.2, 0.25) is 0 Å². The summed E-state index contributed by atoms with van der Waals surface area (Å²) in [6, 6.07) is 5.70. The summed E-state index contributed by atoms with van der Waals surface area (Å²) in [5.74, 6) is 0.671. The number of allylic oxidation sites excluding steroid dienone is 1. The molecule has 0 spiro atoms. The first-order chi connectivity index (χ1) is 16.1. The normalized spacial score (nSPS) is 20.3. The van der Waals surface area contributed by atoms with Crippen LogP contribution < -0.4 is 10.2 Å². The van der Waals surface area contributed by atoms with Gasteiger partial charge < -0.3 is 9.64 Å². The summed E-state index contributed by atoms with van der Waals surface area (Å²) < 4.78 is 19.4. The minimum atomic E-state index is -0.411. The van der Waals surface area contributed by atoms with Gasteiger partial charge in [0.05, 0.1) is 24.5 Å². The molecule has 0 aliphatic carbocycles. The number of halogens is 1. The molecule has 0 bridgehead atoms. The molecule has 8 heteroatoms. The Bertz CT molecular complexity index is 1140. The largest absolute Gasteiger partial charge is 0.494 e. The molecular formula is C25H31FN6O. The molecule has 33 heavy (non-hydrogen) atoms. The molecule has 1 aromatic carbocycles. The second-order valence-electron chi connectivity index (χ2n) is 8.70. The standard InChI is InChI=1S/C25H31FN6O/c1-4-9-30(5-2)17-7-10-31(15-17)18-13-28-25-21(14-29-32(25)16-18)19-6-8-27-23-12-22(26)24(33-3)11-20(19)23/h6,8,11-13,16-17,29H,4-5,7,9-10,14-15H2,1-3H3. The van der Waals surface area contributed by atoms with E-state index in [2.05, 4.69) is 40.3 Å². The monoisotopic (exact) mass is 450 g/mol. The van der Waals surface area contributed by atoms with Crippen LogP contribution in [0.3, 0.4) is 0 Å². The molecule has 2 aromatic rings. The first-order valence-electron chi connectivity index (χ1n) is 11.8. The van der Waals surface area contributed by atoms with E-state index in [0.29, 0.717) is 18.1 Å². The smallest absolute Gasteiger partial charge is 0.167 e. The maximum atomic E-state index is 14.2. The van der Waals surface area contributed by atoms with Crippen LogP contribution in [0.2, 0.25) is 0 Å². The Hall–Kier alpha value is -2.97. The molecule has 174 valence electrons. The van der Waals surface area contributed by atoms with Gasteiger partial charge in [0, 0.05) is 55.1 Å². The average molecular weight is 451 g/mol. The second-order valence-corrected chi connectivity index (χ2v) is 8.70. The van der Waals surface area contributed by atoms with Crippen molar-refractivity contribution in [3.05, 3.63) is 53.5 Å². The van der Waals surface area contributed by atoms with E-state index >= 15 is 0 Å². The number of ether oxygens (including phenoxy) is 1. The number of nitrogens with zero attached hydrogens (tertiary/aromatic N) is 5. The predicted octanol–water partition coefficient (Wildman–Crippen LogP) is 3.60. The van der Waals surface area contributed by atoms with E-state index in [1.165, 1.54) is 26.0 Å². The third kappa shape index (κ3) is 3.98. The fourth-order valence-corrected chi connectivity index (χ4v) is 5.11. The van der Waals surface area contributed by atoms with Gasteiger partial charge >= 0.3 is 0 Å². The number of likely N-dealkylation sites (N-methyl/N-ethyl adjacent to an activating group) is 1. The summed E-state index contributed by atoms with van der Waals surface area (Å²) in [5.41, 5.74) is 7.21. The topological polar surface area (TPSA) is 56.2 Å². The van der Waals surface area contributed by atoms with E-state index in [1.807, 2.05) is 17.3 Å². The zero-order valence-electron chi connectivity index (χ0n) is 19.5. The van der Waals surface area contributed by atoms with E-state index in [1.54, 1.807) is 12.3 Å². The van der Waals surface area contributed by atoms with Crippen LogP contribution in [0.1, 0.15) is 32.3 Å². The number of benzene rings is 1. The van der Waals surface area contributed by atoms with Gasteiger partial charge in [-0.25, -0.2) is 14.8 Å². The Kier molecular flexibility index (Phi) is 6.03. The lowest BCUT2D eigenvalue weighted by molar-refractivity contribution is 0.209. The van der Waals surface area contributed by atoms with E-state index < -0.39 is 5.82 Å². The number of rotatable bonds is 7. The van der Waals surface area contributed by atoms with Crippen LogP contribution in [0, 0.1) is 5.82 Å². The third-order valence-electron chi connectivity index (χ3n) is 6.81. The van der Waals surface area contributed by atoms with Crippen molar-refractivity contribution in [1.82, 2.24) is 25.2 Å². The van der Waals surface area contributed by atoms with Gasteiger partial charge in [0.1, 0.15) is 0 Å². The molecule has 3 aliphatic rings. The van der Waals surface area contributed by atoms with Crippen molar-refractivity contribution in [2.24, 2.45) is 4.99 Å². The van der Waals surface area contributed by atoms with Crippen LogP contribution in [-0.4, -0.2) is 71.9 Å². The summed E-state index contributed by atoms with van der Waals surface area (Å²) in [5, 5.41) is 2.86. The van der Waals surface area contributed by atoms with Gasteiger partial charge in [-0.1, -0.05) is 13.8 Å². The molecule has 7 nitrogen and oxygen atoms in total. The van der Waals surface area contributed by atoms with Gasteiger partial charge in [0.15, 0.2) is 17.4 Å². The molecule has 4 heterocycles. The SMILES string of the molecule is CCCN(CC)C1CCN(C2=CN3NCC(c4ccnc5cc(F)c(OC)cc45)=C3N=C2)C1. The minimum absolute atomic E-state index is 0.215. The minimum Gasteiger partial charge on any atom is -0.494 e. The molecule has 3 aliphatic heterocycles. The van der Waals surface area contributed by atoms with Crippen LogP contribution in [0.25, 0.3) is 16.5 Å². The quantitative estimate of drug-likeness (QED) is 0.696. The maximum Gasteiger partial charge on any atom is 0.167 e. The molecule has 0 amide bonds. The fourth-order valence-electron chi connectivity index (χ4n) is 5.11. The molecular weight excluding hydrogens is 419 g/mol. The molecule has 1 aromatic heterocycles. The number of pyridine rings is 1. The summed E-state index contributed by atoms with van der Waals surface area (Å²) >= 11 is 0. The van der Waals surface area contributed by atoms with Gasteiger partial charge in [-0.3, -0.25) is 14.9 Å². The molecule has 1 unspecified atom stereocenters. The zero-order chi connectivity index (χ0) is 22.9. The molecule has 1 N–H and O–H groups in total. The highest BCUT2D eigenvalue weighted by atomic mass is 19.1. The molecule has 0 saturated carbocycles. The fraction of sp³-hybridized carbons (Fsp3) is 0.440. The van der Waals surface area contributed by atoms with E-state index in [9.17, 15) is 4.39 Å². The Morgan fingerprint density at radius 1 is 1.30 bits per heavy atom. The van der Waals surface area contributed by atoms with Crippen molar-refractivity contribution in [3.8, 4) is 5.75 Å². The molecule has 1 saturated heterocycles. The number of fused-ring (bicyclic) bond motifs is 2. The highest BCUT2D eigenvalue weighted by Gasteiger charge is 2.31. The number of aliphatic imine (C=N–C) groups is 1. The number of nitrogens with one attached hydrogen (secondary N) is 1. The number of likely N-dealkylation sites (tertiary alicyclic amines) is 1. The third-order valence-corrected chi connectivity index (χ3v) is 6.81. The highest BCUT2D eigenvalue weighted by molar-refractivity contribution is 5.95. The molecule has 1 atom stereocenters. The van der Waals surface area contributed by atoms with Crippen molar-refractivity contribution in [2.75, 3.05) is 39.8 Å². The van der Waals surface area contributed by atoms with E-state index in [4.69, 9.17) is 9.73 Å². The van der Waals surface area contributed by atoms with E-state index in [0.717, 1.165) is 54.2 Å². The van der Waals surface area contributed by atoms with Crippen LogP contribution in [-0.2, 0) is 0 Å². The van der Waals surface area contributed by atoms with Crippen molar-refractivity contribution in [2.45, 2.75) is 32.7 Å². The van der Waals surface area contributed by atoms with Crippen LogP contribution >= 0.6 is 0 Å². The second kappa shape index (κ2) is 9.11. The van der Waals surface area contributed by atoms with Crippen molar-refractivity contribution < 1.29 is 9.13 Å². The molecule has 0 radical (unpaired) electrons. The first-order valence-corrected chi connectivity index (χ1v) is 11.8. The van der Waals surface area contributed by atoms with Gasteiger partial charge in [-0.2, -0.15) is 0 Å². The number of hydrogen-bond donors (Lipinski definition) is 1. The number of hydrogen-bond acceptors (Lipinski definition) is 7. The number of hydrazine groups is 1. The Morgan fingerprint density at radius 2 is 2.18 bits per heavy atom. The summed E-state index contributed by atoms with van der Waals surface area (Å²) in [6.07, 6.45) is 8.19. The van der Waals surface area contributed by atoms with Gasteiger partial charge in [-0.05, 0) is 43.6 Å². The molecule has 5 rings (SSSR count). The van der Waals surface area contributed by atoms with Crippen molar-refractivity contribution in [1.29, 1.82) is 0 Å². The van der Waals surface area contributed by atoms with Gasteiger partial charge in [0.25, 0.3) is 0 Å². The average Bonchev–Trinajstić information content (AvgIpc) is 3.49. The Morgan fingerprint density at radius 3 is 2.97 bits per heavy atom.